The number of rotatable bonds is 8. The van der Waals surface area contributed by atoms with Crippen LogP contribution in [-0.4, -0.2) is 29.2 Å². The van der Waals surface area contributed by atoms with Gasteiger partial charge in [0.25, 0.3) is 0 Å². The number of hydrogen-bond donors (Lipinski definition) is 2. The quantitative estimate of drug-likeness (QED) is 0.708. The summed E-state index contributed by atoms with van der Waals surface area (Å²) in [5, 5.41) is 20.9. The van der Waals surface area contributed by atoms with Crippen molar-refractivity contribution in [2.24, 2.45) is 0 Å². The van der Waals surface area contributed by atoms with Crippen LogP contribution in [-0.2, 0) is 11.2 Å². The van der Waals surface area contributed by atoms with E-state index in [1.165, 1.54) is 5.56 Å². The number of benzene rings is 1. The average molecular weight is 351 g/mol. The molecule has 134 valence electrons. The normalized spacial score (nSPS) is 15.1. The number of aliphatic carboxylic acids is 1. The Balaban J connectivity index is 1.43. The summed E-state index contributed by atoms with van der Waals surface area (Å²) < 4.78 is 5.80. The van der Waals surface area contributed by atoms with Crippen molar-refractivity contribution >= 4 is 11.8 Å². The van der Waals surface area contributed by atoms with Gasteiger partial charge in [-0.15, -0.1) is 0 Å². The molecule has 0 aliphatic heterocycles. The minimum absolute atomic E-state index is 0.126. The van der Waals surface area contributed by atoms with Crippen molar-refractivity contribution in [3.63, 3.8) is 0 Å². The predicted octanol–water partition coefficient (Wildman–Crippen LogP) is 3.34. The third kappa shape index (κ3) is 4.51. The van der Waals surface area contributed by atoms with Crippen molar-refractivity contribution in [3.05, 3.63) is 53.2 Å². The zero-order chi connectivity index (χ0) is 18.4. The number of carboxylic acid groups (broad SMARTS) is 1. The number of anilines is 1. The molecule has 3 rings (SSSR count). The first kappa shape index (κ1) is 17.7. The lowest BCUT2D eigenvalue weighted by molar-refractivity contribution is -0.137. The molecule has 0 unspecified atom stereocenters. The number of carboxylic acids is 1. The molecule has 1 aromatic heterocycles. The number of hydrogen-bond acceptors (Lipinski definition) is 5. The maximum Gasteiger partial charge on any atom is 0.303 e. The standard InChI is InChI=1S/C20H21N3O3/c21-12-14-2-7-19(23-13-14)22-8-1-9-26-17-5-6-18-15(10-17)3-4-16(18)11-20(24)25/h2,5-7,10,13,16H,1,3-4,8-9,11H2,(H,22,23)(H,24,25)/t16-/m0/s1. The summed E-state index contributed by atoms with van der Waals surface area (Å²) in [7, 11) is 0. The Morgan fingerprint density at radius 3 is 3.00 bits per heavy atom. The highest BCUT2D eigenvalue weighted by atomic mass is 16.5. The van der Waals surface area contributed by atoms with E-state index in [9.17, 15) is 4.79 Å². The molecule has 0 amide bonds. The molecule has 0 saturated carbocycles. The van der Waals surface area contributed by atoms with E-state index in [4.69, 9.17) is 15.1 Å². The Kier molecular flexibility index (Phi) is 5.69. The fraction of sp³-hybridized carbons (Fsp3) is 0.350. The van der Waals surface area contributed by atoms with E-state index in [1.807, 2.05) is 24.3 Å². The molecular formula is C20H21N3O3. The number of nitriles is 1. The minimum atomic E-state index is -0.743. The summed E-state index contributed by atoms with van der Waals surface area (Å²) in [6.07, 6.45) is 4.37. The van der Waals surface area contributed by atoms with Crippen LogP contribution in [0.15, 0.2) is 36.5 Å². The van der Waals surface area contributed by atoms with Gasteiger partial charge >= 0.3 is 5.97 Å². The van der Waals surface area contributed by atoms with E-state index in [0.29, 0.717) is 12.2 Å². The molecule has 0 saturated heterocycles. The van der Waals surface area contributed by atoms with Gasteiger partial charge in [0.2, 0.25) is 0 Å². The first-order valence-corrected chi connectivity index (χ1v) is 8.73. The van der Waals surface area contributed by atoms with E-state index >= 15 is 0 Å². The summed E-state index contributed by atoms with van der Waals surface area (Å²) in [5.41, 5.74) is 2.89. The van der Waals surface area contributed by atoms with Gasteiger partial charge in [-0.05, 0) is 60.6 Å². The Morgan fingerprint density at radius 1 is 1.38 bits per heavy atom. The van der Waals surface area contributed by atoms with E-state index in [0.717, 1.165) is 42.9 Å². The van der Waals surface area contributed by atoms with Crippen molar-refractivity contribution in [3.8, 4) is 11.8 Å². The van der Waals surface area contributed by atoms with Crippen LogP contribution in [0.5, 0.6) is 5.75 Å². The monoisotopic (exact) mass is 351 g/mol. The molecule has 0 spiro atoms. The van der Waals surface area contributed by atoms with E-state index in [1.54, 1.807) is 18.3 Å². The van der Waals surface area contributed by atoms with Crippen molar-refractivity contribution in [2.45, 2.75) is 31.6 Å². The number of fused-ring (bicyclic) bond motifs is 1. The highest BCUT2D eigenvalue weighted by Crippen LogP contribution is 2.37. The Hall–Kier alpha value is -3.07. The minimum Gasteiger partial charge on any atom is -0.494 e. The summed E-state index contributed by atoms with van der Waals surface area (Å²) in [4.78, 5) is 15.1. The number of ether oxygens (including phenoxy) is 1. The fourth-order valence-corrected chi connectivity index (χ4v) is 3.24. The molecule has 1 aliphatic carbocycles. The van der Waals surface area contributed by atoms with E-state index in [-0.39, 0.29) is 12.3 Å². The number of aromatic nitrogens is 1. The Morgan fingerprint density at radius 2 is 2.27 bits per heavy atom. The largest absolute Gasteiger partial charge is 0.494 e. The highest BCUT2D eigenvalue weighted by Gasteiger charge is 2.24. The third-order valence-electron chi connectivity index (χ3n) is 4.53. The van der Waals surface area contributed by atoms with E-state index < -0.39 is 5.97 Å². The van der Waals surface area contributed by atoms with Crippen LogP contribution in [0.25, 0.3) is 0 Å². The summed E-state index contributed by atoms with van der Waals surface area (Å²) >= 11 is 0. The molecule has 2 aromatic rings. The summed E-state index contributed by atoms with van der Waals surface area (Å²) in [5.74, 6) is 0.954. The summed E-state index contributed by atoms with van der Waals surface area (Å²) in [6, 6.07) is 11.5. The first-order chi connectivity index (χ1) is 12.7. The number of aryl methyl sites for hydroxylation is 1. The van der Waals surface area contributed by atoms with Gasteiger partial charge in [0.15, 0.2) is 0 Å². The van der Waals surface area contributed by atoms with Gasteiger partial charge in [-0.1, -0.05) is 6.07 Å². The molecule has 1 heterocycles. The van der Waals surface area contributed by atoms with Crippen molar-refractivity contribution < 1.29 is 14.6 Å². The molecule has 0 fully saturated rings. The Bertz CT molecular complexity index is 812. The molecular weight excluding hydrogens is 330 g/mol. The molecule has 0 bridgehead atoms. The molecule has 1 aliphatic rings. The van der Waals surface area contributed by atoms with Crippen molar-refractivity contribution in [1.29, 1.82) is 5.26 Å². The highest BCUT2D eigenvalue weighted by molar-refractivity contribution is 5.68. The number of nitrogens with one attached hydrogen (secondary N) is 1. The van der Waals surface area contributed by atoms with Crippen LogP contribution < -0.4 is 10.1 Å². The van der Waals surface area contributed by atoms with Crippen LogP contribution in [0.4, 0.5) is 5.82 Å². The van der Waals surface area contributed by atoms with Gasteiger partial charge in [0, 0.05) is 12.7 Å². The van der Waals surface area contributed by atoms with Gasteiger partial charge in [0.1, 0.15) is 17.6 Å². The molecule has 1 atom stereocenters. The zero-order valence-electron chi connectivity index (χ0n) is 14.4. The molecule has 6 nitrogen and oxygen atoms in total. The van der Waals surface area contributed by atoms with Gasteiger partial charge in [-0.25, -0.2) is 4.98 Å². The van der Waals surface area contributed by atoms with Gasteiger partial charge in [0.05, 0.1) is 18.6 Å². The SMILES string of the molecule is N#Cc1ccc(NCCCOc2ccc3c(c2)CC[C@H]3CC(=O)O)nc1. The third-order valence-corrected chi connectivity index (χ3v) is 4.53. The second-order valence-corrected chi connectivity index (χ2v) is 6.37. The molecule has 6 heteroatoms. The smallest absolute Gasteiger partial charge is 0.303 e. The zero-order valence-corrected chi connectivity index (χ0v) is 14.4. The Labute approximate surface area is 152 Å². The average Bonchev–Trinajstić information content (AvgIpc) is 3.03. The van der Waals surface area contributed by atoms with Gasteiger partial charge in [-0.3, -0.25) is 4.79 Å². The predicted molar refractivity (Wildman–Crippen MR) is 97.3 cm³/mol. The van der Waals surface area contributed by atoms with Crippen LogP contribution in [0.2, 0.25) is 0 Å². The van der Waals surface area contributed by atoms with Crippen LogP contribution >= 0.6 is 0 Å². The van der Waals surface area contributed by atoms with Crippen molar-refractivity contribution in [2.75, 3.05) is 18.5 Å². The lowest BCUT2D eigenvalue weighted by Crippen LogP contribution is -2.08. The topological polar surface area (TPSA) is 95.2 Å². The second kappa shape index (κ2) is 8.34. The van der Waals surface area contributed by atoms with Gasteiger partial charge in [-0.2, -0.15) is 5.26 Å². The van der Waals surface area contributed by atoms with Crippen LogP contribution in [0.3, 0.4) is 0 Å². The lowest BCUT2D eigenvalue weighted by Gasteiger charge is -2.11. The van der Waals surface area contributed by atoms with Crippen LogP contribution in [0.1, 0.15) is 41.9 Å². The van der Waals surface area contributed by atoms with Crippen molar-refractivity contribution in [1.82, 2.24) is 4.98 Å². The maximum atomic E-state index is 10.9. The van der Waals surface area contributed by atoms with Crippen LogP contribution in [0, 0.1) is 11.3 Å². The number of nitrogens with zero attached hydrogens (tertiary/aromatic N) is 2. The molecule has 2 N–H and O–H groups in total. The lowest BCUT2D eigenvalue weighted by atomic mass is 9.98. The second-order valence-electron chi connectivity index (χ2n) is 6.37. The van der Waals surface area contributed by atoms with E-state index in [2.05, 4.69) is 10.3 Å². The molecule has 1 aromatic carbocycles. The maximum absolute atomic E-state index is 10.9. The summed E-state index contributed by atoms with van der Waals surface area (Å²) in [6.45, 7) is 1.31. The number of pyridine rings is 1. The molecule has 0 radical (unpaired) electrons. The first-order valence-electron chi connectivity index (χ1n) is 8.73. The number of carbonyl (C=O) groups is 1. The molecule has 26 heavy (non-hydrogen) atoms. The fourth-order valence-electron chi connectivity index (χ4n) is 3.24. The van der Waals surface area contributed by atoms with Gasteiger partial charge < -0.3 is 15.2 Å².